The Morgan fingerprint density at radius 3 is 2.10 bits per heavy atom. The smallest absolute Gasteiger partial charge is 0.129 e. The minimum Gasteiger partial charge on any atom is -0.489 e. The van der Waals surface area contributed by atoms with E-state index < -0.39 is 11.6 Å². The maximum absolute atomic E-state index is 13.0. The Morgan fingerprint density at radius 1 is 0.952 bits per heavy atom. The summed E-state index contributed by atoms with van der Waals surface area (Å²) in [6, 6.07) is 11.5. The summed E-state index contributed by atoms with van der Waals surface area (Å²) in [5.41, 5.74) is 2.14. The fraction of sp³-hybridized carbons (Fsp3) is 0.294. The molecule has 0 aliphatic heterocycles. The van der Waals surface area contributed by atoms with Gasteiger partial charge in [-0.05, 0) is 11.1 Å². The molecule has 0 saturated heterocycles. The predicted octanol–water partition coefficient (Wildman–Crippen LogP) is 4.04. The van der Waals surface area contributed by atoms with Gasteiger partial charge < -0.3 is 10.1 Å². The Balaban J connectivity index is 1.91. The van der Waals surface area contributed by atoms with Crippen molar-refractivity contribution in [1.29, 1.82) is 0 Å². The number of hydrogen-bond donors (Lipinski definition) is 1. The molecule has 0 saturated carbocycles. The van der Waals surface area contributed by atoms with Crippen molar-refractivity contribution in [3.8, 4) is 5.75 Å². The maximum Gasteiger partial charge on any atom is 0.129 e. The van der Waals surface area contributed by atoms with E-state index in [0.717, 1.165) is 18.2 Å². The van der Waals surface area contributed by atoms with Crippen molar-refractivity contribution in [1.82, 2.24) is 5.32 Å². The molecule has 0 amide bonds. The molecule has 2 rings (SSSR count). The van der Waals surface area contributed by atoms with Crippen LogP contribution in [-0.2, 0) is 13.2 Å². The quantitative estimate of drug-likeness (QED) is 0.867. The van der Waals surface area contributed by atoms with Crippen LogP contribution in [0, 0.1) is 11.6 Å². The second-order valence-corrected chi connectivity index (χ2v) is 5.25. The first-order chi connectivity index (χ1) is 10.0. The van der Waals surface area contributed by atoms with Crippen molar-refractivity contribution in [3.63, 3.8) is 0 Å². The van der Waals surface area contributed by atoms with E-state index in [-0.39, 0.29) is 12.4 Å². The van der Waals surface area contributed by atoms with Gasteiger partial charge in [-0.15, -0.1) is 0 Å². The molecular formula is C17H19F2NO. The lowest BCUT2D eigenvalue weighted by Gasteiger charge is -2.10. The topological polar surface area (TPSA) is 21.3 Å². The Morgan fingerprint density at radius 2 is 1.52 bits per heavy atom. The molecule has 21 heavy (non-hydrogen) atoms. The minimum atomic E-state index is -0.639. The summed E-state index contributed by atoms with van der Waals surface area (Å²) in [7, 11) is 0. The van der Waals surface area contributed by atoms with Crippen molar-refractivity contribution >= 4 is 0 Å². The fourth-order valence-corrected chi connectivity index (χ4v) is 1.85. The highest BCUT2D eigenvalue weighted by molar-refractivity contribution is 5.26. The lowest BCUT2D eigenvalue weighted by molar-refractivity contribution is 0.302. The first-order valence-corrected chi connectivity index (χ1v) is 6.93. The van der Waals surface area contributed by atoms with Crippen LogP contribution in [0.3, 0.4) is 0 Å². The highest BCUT2D eigenvalue weighted by Gasteiger charge is 2.02. The summed E-state index contributed by atoms with van der Waals surface area (Å²) < 4.78 is 31.5. The van der Waals surface area contributed by atoms with Crippen molar-refractivity contribution in [3.05, 3.63) is 65.2 Å². The molecule has 112 valence electrons. The second-order valence-electron chi connectivity index (χ2n) is 5.25. The van der Waals surface area contributed by atoms with Gasteiger partial charge in [-0.3, -0.25) is 0 Å². The van der Waals surface area contributed by atoms with Crippen LogP contribution >= 0.6 is 0 Å². The van der Waals surface area contributed by atoms with Crippen LogP contribution in [0.25, 0.3) is 0 Å². The minimum absolute atomic E-state index is 0.193. The van der Waals surface area contributed by atoms with E-state index in [2.05, 4.69) is 19.2 Å². The molecular weight excluding hydrogens is 272 g/mol. The molecule has 1 N–H and O–H groups in total. The molecule has 2 aromatic rings. The molecule has 2 nitrogen and oxygen atoms in total. The van der Waals surface area contributed by atoms with Crippen LogP contribution in [0.15, 0.2) is 42.5 Å². The van der Waals surface area contributed by atoms with Crippen LogP contribution < -0.4 is 10.1 Å². The summed E-state index contributed by atoms with van der Waals surface area (Å²) in [4.78, 5) is 0. The van der Waals surface area contributed by atoms with Gasteiger partial charge in [-0.2, -0.15) is 0 Å². The van der Waals surface area contributed by atoms with Crippen molar-refractivity contribution in [2.24, 2.45) is 0 Å². The summed E-state index contributed by atoms with van der Waals surface area (Å²) >= 11 is 0. The number of nitrogens with one attached hydrogen (secondary N) is 1. The first-order valence-electron chi connectivity index (χ1n) is 6.93. The van der Waals surface area contributed by atoms with Gasteiger partial charge >= 0.3 is 0 Å². The maximum atomic E-state index is 13.0. The Bertz CT molecular complexity index is 562. The van der Waals surface area contributed by atoms with Crippen LogP contribution in [0.2, 0.25) is 0 Å². The molecule has 2 aromatic carbocycles. The van der Waals surface area contributed by atoms with Gasteiger partial charge in [0, 0.05) is 30.8 Å². The van der Waals surface area contributed by atoms with Crippen LogP contribution in [0.1, 0.15) is 25.0 Å². The van der Waals surface area contributed by atoms with E-state index in [9.17, 15) is 8.78 Å². The van der Waals surface area contributed by atoms with E-state index in [0.29, 0.717) is 6.04 Å². The molecule has 0 unspecified atom stereocenters. The molecule has 0 spiro atoms. The first kappa shape index (κ1) is 15.4. The molecule has 0 atom stereocenters. The molecule has 0 aliphatic rings. The van der Waals surface area contributed by atoms with Gasteiger partial charge in [-0.25, -0.2) is 8.78 Å². The predicted molar refractivity (Wildman–Crippen MR) is 79.1 cm³/mol. The SMILES string of the molecule is CC(C)NCc1ccc(COc2cc(F)cc(F)c2)cc1. The summed E-state index contributed by atoms with van der Waals surface area (Å²) in [6.07, 6.45) is 0. The Kier molecular flexibility index (Phi) is 5.28. The van der Waals surface area contributed by atoms with E-state index in [4.69, 9.17) is 4.74 Å². The van der Waals surface area contributed by atoms with Gasteiger partial charge in [0.1, 0.15) is 24.0 Å². The summed E-state index contributed by atoms with van der Waals surface area (Å²) in [5.74, 6) is -1.08. The van der Waals surface area contributed by atoms with E-state index in [1.165, 1.54) is 17.7 Å². The lowest BCUT2D eigenvalue weighted by Crippen LogP contribution is -2.21. The molecule has 0 radical (unpaired) electrons. The number of rotatable bonds is 6. The number of halogens is 2. The largest absolute Gasteiger partial charge is 0.489 e. The zero-order valence-corrected chi connectivity index (χ0v) is 12.2. The van der Waals surface area contributed by atoms with E-state index >= 15 is 0 Å². The van der Waals surface area contributed by atoms with Gasteiger partial charge in [0.25, 0.3) is 0 Å². The molecule has 0 aliphatic carbocycles. The number of ether oxygens (including phenoxy) is 1. The average molecular weight is 291 g/mol. The lowest BCUT2D eigenvalue weighted by atomic mass is 10.1. The van der Waals surface area contributed by atoms with Gasteiger partial charge in [0.2, 0.25) is 0 Å². The van der Waals surface area contributed by atoms with E-state index in [1.807, 2.05) is 24.3 Å². The molecule has 0 heterocycles. The van der Waals surface area contributed by atoms with Gasteiger partial charge in [-0.1, -0.05) is 38.1 Å². The molecule has 4 heteroatoms. The Labute approximate surface area is 123 Å². The average Bonchev–Trinajstić information content (AvgIpc) is 2.43. The van der Waals surface area contributed by atoms with Crippen molar-refractivity contribution in [2.45, 2.75) is 33.0 Å². The molecule has 0 fully saturated rings. The number of benzene rings is 2. The van der Waals surface area contributed by atoms with Gasteiger partial charge in [0.15, 0.2) is 0 Å². The highest BCUT2D eigenvalue weighted by atomic mass is 19.1. The number of hydrogen-bond acceptors (Lipinski definition) is 2. The van der Waals surface area contributed by atoms with Crippen LogP contribution in [-0.4, -0.2) is 6.04 Å². The third kappa shape index (κ3) is 5.16. The van der Waals surface area contributed by atoms with Crippen LogP contribution in [0.4, 0.5) is 8.78 Å². The van der Waals surface area contributed by atoms with Crippen molar-refractivity contribution in [2.75, 3.05) is 0 Å². The van der Waals surface area contributed by atoms with E-state index in [1.54, 1.807) is 0 Å². The third-order valence-corrected chi connectivity index (χ3v) is 2.98. The normalized spacial score (nSPS) is 10.9. The van der Waals surface area contributed by atoms with Gasteiger partial charge in [0.05, 0.1) is 0 Å². The monoisotopic (exact) mass is 291 g/mol. The fourth-order valence-electron chi connectivity index (χ4n) is 1.85. The zero-order valence-electron chi connectivity index (χ0n) is 12.2. The Hall–Kier alpha value is -1.94. The summed E-state index contributed by atoms with van der Waals surface area (Å²) in [6.45, 7) is 5.29. The molecule has 0 aromatic heterocycles. The van der Waals surface area contributed by atoms with Crippen LogP contribution in [0.5, 0.6) is 5.75 Å². The van der Waals surface area contributed by atoms with Crippen molar-refractivity contribution < 1.29 is 13.5 Å². The second kappa shape index (κ2) is 7.18. The summed E-state index contributed by atoms with van der Waals surface area (Å²) in [5, 5.41) is 3.34. The standard InChI is InChI=1S/C17H19F2NO/c1-12(2)20-10-13-3-5-14(6-4-13)11-21-17-8-15(18)7-16(19)9-17/h3-9,12,20H,10-11H2,1-2H3. The third-order valence-electron chi connectivity index (χ3n) is 2.98. The highest BCUT2D eigenvalue weighted by Crippen LogP contribution is 2.17. The zero-order chi connectivity index (χ0) is 15.2. The molecule has 0 bridgehead atoms.